The second-order valence-electron chi connectivity index (χ2n) is 8.10. The predicted octanol–water partition coefficient (Wildman–Crippen LogP) is 7.47. The third-order valence-corrected chi connectivity index (χ3v) is 5.18. The molecule has 0 bridgehead atoms. The van der Waals surface area contributed by atoms with Crippen LogP contribution in [0.4, 0.5) is 0 Å². The molecule has 0 aliphatic carbocycles. The molecule has 1 atom stereocenters. The maximum atomic E-state index is 9.27. The van der Waals surface area contributed by atoms with E-state index in [0.29, 0.717) is 0 Å². The van der Waals surface area contributed by atoms with Crippen LogP contribution in [0.1, 0.15) is 89.2 Å². The van der Waals surface area contributed by atoms with Crippen LogP contribution in [-0.2, 0) is 0 Å². The molecule has 1 aromatic carbocycles. The zero-order chi connectivity index (χ0) is 21.4. The Morgan fingerprint density at radius 3 is 2.07 bits per heavy atom. The van der Waals surface area contributed by atoms with Crippen LogP contribution in [0.5, 0.6) is 0 Å². The molecule has 1 heterocycles. The summed E-state index contributed by atoms with van der Waals surface area (Å²) in [4.78, 5) is 9.00. The smallest absolute Gasteiger partial charge is 0.159 e. The van der Waals surface area contributed by atoms with Crippen molar-refractivity contribution in [1.82, 2.24) is 9.97 Å². The minimum absolute atomic E-state index is 0.219. The van der Waals surface area contributed by atoms with Crippen molar-refractivity contribution in [3.8, 4) is 11.4 Å². The van der Waals surface area contributed by atoms with Gasteiger partial charge in [-0.3, -0.25) is 0 Å². The van der Waals surface area contributed by atoms with E-state index in [1.165, 1.54) is 44.1 Å². The molecule has 0 saturated carbocycles. The minimum atomic E-state index is -0.219. The summed E-state index contributed by atoms with van der Waals surface area (Å²) in [5.41, 5.74) is 3.27. The number of aliphatic hydroxyl groups is 1. The van der Waals surface area contributed by atoms with E-state index in [9.17, 15) is 5.11 Å². The molecule has 2 rings (SSSR count). The summed E-state index contributed by atoms with van der Waals surface area (Å²) >= 11 is 0. The van der Waals surface area contributed by atoms with Gasteiger partial charge in [-0.05, 0) is 44.6 Å². The van der Waals surface area contributed by atoms with Crippen LogP contribution >= 0.6 is 0 Å². The van der Waals surface area contributed by atoms with E-state index in [2.05, 4.69) is 59.4 Å². The molecule has 3 heteroatoms. The lowest BCUT2D eigenvalue weighted by Crippen LogP contribution is -1.97. The Morgan fingerprint density at radius 2 is 1.40 bits per heavy atom. The topological polar surface area (TPSA) is 46.0 Å². The van der Waals surface area contributed by atoms with E-state index in [1.807, 2.05) is 25.4 Å². The molecule has 0 saturated heterocycles. The van der Waals surface area contributed by atoms with Crippen LogP contribution in [0, 0.1) is 0 Å². The van der Waals surface area contributed by atoms with E-state index in [-0.39, 0.29) is 6.10 Å². The molecule has 162 valence electrons. The Hall–Kier alpha value is -2.26. The first kappa shape index (κ1) is 24.0. The van der Waals surface area contributed by atoms with E-state index in [0.717, 1.165) is 42.6 Å². The number of nitrogens with zero attached hydrogens (tertiary/aromatic N) is 2. The van der Waals surface area contributed by atoms with Crippen LogP contribution in [0.25, 0.3) is 23.5 Å². The van der Waals surface area contributed by atoms with Gasteiger partial charge in [0.1, 0.15) is 0 Å². The first-order valence-corrected chi connectivity index (χ1v) is 11.6. The van der Waals surface area contributed by atoms with Gasteiger partial charge in [-0.15, -0.1) is 0 Å². The second-order valence-corrected chi connectivity index (χ2v) is 8.10. The third-order valence-electron chi connectivity index (χ3n) is 5.18. The summed E-state index contributed by atoms with van der Waals surface area (Å²) in [6, 6.07) is 8.44. The average Bonchev–Trinajstić information content (AvgIpc) is 2.76. The minimum Gasteiger partial charge on any atom is -0.393 e. The quantitative estimate of drug-likeness (QED) is 0.331. The second kappa shape index (κ2) is 14.7. The number of hydrogen-bond donors (Lipinski definition) is 1. The van der Waals surface area contributed by atoms with Gasteiger partial charge in [0, 0.05) is 23.5 Å². The number of rotatable bonds is 14. The van der Waals surface area contributed by atoms with Gasteiger partial charge in [-0.2, -0.15) is 0 Å². The molecule has 2 aromatic rings. The van der Waals surface area contributed by atoms with Gasteiger partial charge in [-0.1, -0.05) is 87.6 Å². The average molecular weight is 407 g/mol. The molecule has 0 spiro atoms. The summed E-state index contributed by atoms with van der Waals surface area (Å²) in [5, 5.41) is 9.27. The molecule has 1 N–H and O–H groups in total. The van der Waals surface area contributed by atoms with Gasteiger partial charge in [-0.25, -0.2) is 9.97 Å². The van der Waals surface area contributed by atoms with Gasteiger partial charge in [0.05, 0.1) is 6.10 Å². The van der Waals surface area contributed by atoms with Crippen molar-refractivity contribution >= 4 is 12.2 Å². The lowest BCUT2D eigenvalue weighted by molar-refractivity contribution is 0.182. The van der Waals surface area contributed by atoms with Crippen molar-refractivity contribution < 1.29 is 5.11 Å². The van der Waals surface area contributed by atoms with Gasteiger partial charge in [0.2, 0.25) is 0 Å². The van der Waals surface area contributed by atoms with Crippen molar-refractivity contribution in [2.75, 3.05) is 0 Å². The Labute approximate surface area is 183 Å². The van der Waals surface area contributed by atoms with Crippen molar-refractivity contribution in [3.05, 3.63) is 59.9 Å². The fraction of sp³-hybridized carbons (Fsp3) is 0.481. The monoisotopic (exact) mass is 406 g/mol. The highest BCUT2D eigenvalue weighted by atomic mass is 16.3. The van der Waals surface area contributed by atoms with Crippen LogP contribution in [0.3, 0.4) is 0 Å². The zero-order valence-electron chi connectivity index (χ0n) is 18.8. The molecule has 30 heavy (non-hydrogen) atoms. The van der Waals surface area contributed by atoms with Crippen molar-refractivity contribution in [3.63, 3.8) is 0 Å². The van der Waals surface area contributed by atoms with Crippen molar-refractivity contribution in [2.45, 2.75) is 84.2 Å². The predicted molar refractivity (Wildman–Crippen MR) is 129 cm³/mol. The van der Waals surface area contributed by atoms with Crippen molar-refractivity contribution in [1.29, 1.82) is 0 Å². The van der Waals surface area contributed by atoms with Crippen molar-refractivity contribution in [2.24, 2.45) is 0 Å². The lowest BCUT2D eigenvalue weighted by Gasteiger charge is -2.02. The summed E-state index contributed by atoms with van der Waals surface area (Å²) in [6.45, 7) is 4.09. The normalized spacial score (nSPS) is 12.8. The number of aromatic nitrogens is 2. The number of benzene rings is 1. The lowest BCUT2D eigenvalue weighted by atomic mass is 10.1. The third kappa shape index (κ3) is 9.98. The fourth-order valence-electron chi connectivity index (χ4n) is 3.33. The van der Waals surface area contributed by atoms with Crippen LogP contribution in [0.2, 0.25) is 0 Å². The molecular formula is C27H38N2O. The van der Waals surface area contributed by atoms with Crippen LogP contribution in [0.15, 0.2) is 48.8 Å². The molecule has 0 amide bonds. The summed E-state index contributed by atoms with van der Waals surface area (Å²) < 4.78 is 0. The fourth-order valence-corrected chi connectivity index (χ4v) is 3.33. The molecule has 0 aliphatic heterocycles. The van der Waals surface area contributed by atoms with Gasteiger partial charge >= 0.3 is 0 Å². The summed E-state index contributed by atoms with van der Waals surface area (Å²) in [7, 11) is 0. The van der Waals surface area contributed by atoms with Crippen LogP contribution < -0.4 is 0 Å². The first-order chi connectivity index (χ1) is 14.7. The number of hydrogen-bond acceptors (Lipinski definition) is 3. The van der Waals surface area contributed by atoms with Gasteiger partial charge in [0.15, 0.2) is 5.82 Å². The molecule has 0 aliphatic rings. The molecule has 1 aromatic heterocycles. The Balaban J connectivity index is 1.76. The standard InChI is InChI=1S/C27H38N2O/c1-3-4-5-6-7-8-9-12-15-24-17-19-26(20-18-24)27-28-21-25(22-29-27)16-13-10-11-14-23(2)30/h12-13,15-23,30H,3-11,14H2,1-2H3/b15-12+,16-13+. The molecule has 0 fully saturated rings. The number of unbranched alkanes of at least 4 members (excludes halogenated alkanes) is 7. The maximum Gasteiger partial charge on any atom is 0.159 e. The number of allylic oxidation sites excluding steroid dienone is 2. The first-order valence-electron chi connectivity index (χ1n) is 11.6. The van der Waals surface area contributed by atoms with Gasteiger partial charge in [0.25, 0.3) is 0 Å². The SMILES string of the molecule is CCCCCCCC/C=C/c1ccc(-c2ncc(/C=C/CCCC(C)O)cn2)cc1. The summed E-state index contributed by atoms with van der Waals surface area (Å²) in [5.74, 6) is 0.754. The van der Waals surface area contributed by atoms with E-state index in [4.69, 9.17) is 0 Å². The largest absolute Gasteiger partial charge is 0.393 e. The molecule has 3 nitrogen and oxygen atoms in total. The summed E-state index contributed by atoms with van der Waals surface area (Å²) in [6.07, 6.45) is 24.2. The Morgan fingerprint density at radius 1 is 0.800 bits per heavy atom. The maximum absolute atomic E-state index is 9.27. The molecule has 0 radical (unpaired) electrons. The Kier molecular flexibility index (Phi) is 11.8. The zero-order valence-corrected chi connectivity index (χ0v) is 18.8. The van der Waals surface area contributed by atoms with E-state index in [1.54, 1.807) is 0 Å². The highest BCUT2D eigenvalue weighted by Gasteiger charge is 2.00. The van der Waals surface area contributed by atoms with E-state index >= 15 is 0 Å². The van der Waals surface area contributed by atoms with Crippen LogP contribution in [-0.4, -0.2) is 21.2 Å². The van der Waals surface area contributed by atoms with Gasteiger partial charge < -0.3 is 5.11 Å². The highest BCUT2D eigenvalue weighted by molar-refractivity contribution is 5.60. The number of aliphatic hydroxyl groups excluding tert-OH is 1. The molecule has 1 unspecified atom stereocenters. The van der Waals surface area contributed by atoms with E-state index < -0.39 is 0 Å². The molecular weight excluding hydrogens is 368 g/mol. The highest BCUT2D eigenvalue weighted by Crippen LogP contribution is 2.17. The Bertz CT molecular complexity index is 745.